The molecule has 6 heteroatoms. The fraction of sp³-hybridized carbons (Fsp3) is 0.158. The van der Waals surface area contributed by atoms with Crippen molar-refractivity contribution in [3.05, 3.63) is 71.1 Å². The van der Waals surface area contributed by atoms with Crippen LogP contribution < -0.4 is 10.6 Å². The smallest absolute Gasteiger partial charge is 0.222 e. The first kappa shape index (κ1) is 17.2. The molecule has 1 amide bonds. The van der Waals surface area contributed by atoms with Gasteiger partial charge in [-0.2, -0.15) is 0 Å². The molecular formula is C19H17ClFN3O. The minimum Gasteiger partial charge on any atom is -0.382 e. The third-order valence-electron chi connectivity index (χ3n) is 3.80. The summed E-state index contributed by atoms with van der Waals surface area (Å²) in [6, 6.07) is 14.6. The molecule has 1 heterocycles. The van der Waals surface area contributed by atoms with Gasteiger partial charge in [-0.3, -0.25) is 9.78 Å². The average molecular weight is 358 g/mol. The summed E-state index contributed by atoms with van der Waals surface area (Å²) in [7, 11) is 0. The molecule has 3 aromatic rings. The quantitative estimate of drug-likeness (QED) is 0.697. The zero-order valence-corrected chi connectivity index (χ0v) is 14.2. The Morgan fingerprint density at radius 2 is 1.92 bits per heavy atom. The molecule has 4 nitrogen and oxygen atoms in total. The van der Waals surface area contributed by atoms with E-state index in [0.717, 1.165) is 5.56 Å². The number of hydrogen-bond donors (Lipinski definition) is 2. The minimum atomic E-state index is -0.468. The van der Waals surface area contributed by atoms with Crippen molar-refractivity contribution in [1.82, 2.24) is 10.3 Å². The van der Waals surface area contributed by atoms with Gasteiger partial charge in [0.1, 0.15) is 5.52 Å². The van der Waals surface area contributed by atoms with Gasteiger partial charge in [0.15, 0.2) is 5.82 Å². The second-order valence-corrected chi connectivity index (χ2v) is 5.96. The molecule has 0 aliphatic rings. The molecule has 3 rings (SSSR count). The van der Waals surface area contributed by atoms with Crippen LogP contribution in [-0.4, -0.2) is 17.4 Å². The number of aromatic nitrogens is 1. The largest absolute Gasteiger partial charge is 0.382 e. The zero-order chi connectivity index (χ0) is 17.6. The molecule has 0 fully saturated rings. The Balaban J connectivity index is 1.54. The third kappa shape index (κ3) is 4.25. The fourth-order valence-electron chi connectivity index (χ4n) is 2.48. The van der Waals surface area contributed by atoms with Crippen molar-refractivity contribution in [2.24, 2.45) is 0 Å². The molecule has 0 aliphatic carbocycles. The minimum absolute atomic E-state index is 0.0984. The van der Waals surface area contributed by atoms with Gasteiger partial charge in [-0.15, -0.1) is 0 Å². The molecule has 0 saturated heterocycles. The lowest BCUT2D eigenvalue weighted by Crippen LogP contribution is -2.24. The number of pyridine rings is 1. The number of benzene rings is 2. The topological polar surface area (TPSA) is 54.0 Å². The Morgan fingerprint density at radius 3 is 2.72 bits per heavy atom. The molecule has 2 aromatic carbocycles. The lowest BCUT2D eigenvalue weighted by atomic mass is 10.2. The van der Waals surface area contributed by atoms with E-state index in [1.165, 1.54) is 6.20 Å². The number of hydrogen-bond acceptors (Lipinski definition) is 3. The van der Waals surface area contributed by atoms with Crippen molar-refractivity contribution in [2.45, 2.75) is 13.0 Å². The molecule has 0 radical (unpaired) electrons. The fourth-order valence-corrected chi connectivity index (χ4v) is 2.69. The molecule has 2 N–H and O–H groups in total. The van der Waals surface area contributed by atoms with E-state index in [0.29, 0.717) is 29.2 Å². The number of nitrogens with zero attached hydrogens (tertiary/aromatic N) is 1. The zero-order valence-electron chi connectivity index (χ0n) is 13.4. The summed E-state index contributed by atoms with van der Waals surface area (Å²) in [6.07, 6.45) is 1.71. The number of fused-ring (bicyclic) bond motifs is 1. The molecule has 128 valence electrons. The number of amides is 1. The van der Waals surface area contributed by atoms with Crippen LogP contribution in [0, 0.1) is 5.82 Å². The number of anilines is 1. The Kier molecular flexibility index (Phi) is 5.46. The maximum atomic E-state index is 14.5. The van der Waals surface area contributed by atoms with Gasteiger partial charge in [0.2, 0.25) is 5.91 Å². The Morgan fingerprint density at radius 1 is 1.12 bits per heavy atom. The summed E-state index contributed by atoms with van der Waals surface area (Å²) >= 11 is 6.03. The summed E-state index contributed by atoms with van der Waals surface area (Å²) in [6.45, 7) is 0.802. The summed E-state index contributed by atoms with van der Waals surface area (Å²) in [5.41, 5.74) is 1.55. The van der Waals surface area contributed by atoms with Crippen LogP contribution in [0.25, 0.3) is 10.9 Å². The summed E-state index contributed by atoms with van der Waals surface area (Å²) in [5, 5.41) is 6.79. The van der Waals surface area contributed by atoms with Crippen LogP contribution >= 0.6 is 11.6 Å². The first-order chi connectivity index (χ1) is 12.1. The van der Waals surface area contributed by atoms with Crippen LogP contribution in [0.1, 0.15) is 12.0 Å². The summed E-state index contributed by atoms with van der Waals surface area (Å²) < 4.78 is 14.5. The molecule has 25 heavy (non-hydrogen) atoms. The van der Waals surface area contributed by atoms with Gasteiger partial charge in [-0.25, -0.2) is 4.39 Å². The normalized spacial score (nSPS) is 10.6. The molecule has 0 saturated carbocycles. The highest BCUT2D eigenvalue weighted by Crippen LogP contribution is 2.27. The third-order valence-corrected chi connectivity index (χ3v) is 4.13. The lowest BCUT2D eigenvalue weighted by Gasteiger charge is -2.10. The van der Waals surface area contributed by atoms with Gasteiger partial charge >= 0.3 is 0 Å². The van der Waals surface area contributed by atoms with Gasteiger partial charge < -0.3 is 10.6 Å². The van der Waals surface area contributed by atoms with Gasteiger partial charge in [0.25, 0.3) is 0 Å². The molecular weight excluding hydrogens is 341 g/mol. The summed E-state index contributed by atoms with van der Waals surface area (Å²) in [5.74, 6) is -0.566. The number of nitrogens with one attached hydrogen (secondary N) is 2. The SMILES string of the molecule is O=C(CCNc1ccc2c(Cl)ccnc2c1F)NCc1ccccc1. The monoisotopic (exact) mass is 357 g/mol. The van der Waals surface area contributed by atoms with E-state index in [2.05, 4.69) is 15.6 Å². The highest BCUT2D eigenvalue weighted by atomic mass is 35.5. The van der Waals surface area contributed by atoms with Crippen LogP contribution in [0.4, 0.5) is 10.1 Å². The number of halogens is 2. The highest BCUT2D eigenvalue weighted by molar-refractivity contribution is 6.35. The van der Waals surface area contributed by atoms with Crippen LogP contribution in [0.2, 0.25) is 5.02 Å². The van der Waals surface area contributed by atoms with Crippen molar-refractivity contribution in [3.63, 3.8) is 0 Å². The predicted octanol–water partition coefficient (Wildman–Crippen LogP) is 4.15. The van der Waals surface area contributed by atoms with E-state index in [9.17, 15) is 9.18 Å². The molecule has 1 aromatic heterocycles. The maximum Gasteiger partial charge on any atom is 0.222 e. The van der Waals surface area contributed by atoms with Gasteiger partial charge in [-0.1, -0.05) is 41.9 Å². The number of rotatable bonds is 6. The van der Waals surface area contributed by atoms with Crippen LogP contribution in [0.3, 0.4) is 0 Å². The standard InChI is InChI=1S/C19H17ClFN3O/c20-15-8-10-23-19-14(15)6-7-16(18(19)21)22-11-9-17(25)24-12-13-4-2-1-3-5-13/h1-8,10,22H,9,11-12H2,(H,24,25). The molecule has 0 aliphatic heterocycles. The van der Waals surface area contributed by atoms with Gasteiger partial charge in [0.05, 0.1) is 10.7 Å². The van der Waals surface area contributed by atoms with E-state index < -0.39 is 5.82 Å². The van der Waals surface area contributed by atoms with Crippen molar-refractivity contribution in [3.8, 4) is 0 Å². The van der Waals surface area contributed by atoms with Gasteiger partial charge in [-0.05, 0) is 23.8 Å². The predicted molar refractivity (Wildman–Crippen MR) is 98.1 cm³/mol. The molecule has 0 spiro atoms. The average Bonchev–Trinajstić information content (AvgIpc) is 2.63. The number of carbonyl (C=O) groups excluding carboxylic acids is 1. The number of carbonyl (C=O) groups is 1. The highest BCUT2D eigenvalue weighted by Gasteiger charge is 2.10. The summed E-state index contributed by atoms with van der Waals surface area (Å²) in [4.78, 5) is 15.9. The molecule has 0 bridgehead atoms. The van der Waals surface area contributed by atoms with E-state index >= 15 is 0 Å². The van der Waals surface area contributed by atoms with Crippen LogP contribution in [-0.2, 0) is 11.3 Å². The van der Waals surface area contributed by atoms with Crippen molar-refractivity contribution >= 4 is 34.1 Å². The Labute approximate surface area is 150 Å². The first-order valence-corrected chi connectivity index (χ1v) is 8.30. The van der Waals surface area contributed by atoms with Gasteiger partial charge in [0, 0.05) is 31.1 Å². The van der Waals surface area contributed by atoms with E-state index in [-0.39, 0.29) is 17.8 Å². The van der Waals surface area contributed by atoms with E-state index in [1.807, 2.05) is 30.3 Å². The molecule has 0 unspecified atom stereocenters. The lowest BCUT2D eigenvalue weighted by molar-refractivity contribution is -0.121. The van der Waals surface area contributed by atoms with Crippen LogP contribution in [0.15, 0.2) is 54.7 Å². The van der Waals surface area contributed by atoms with Crippen LogP contribution in [0.5, 0.6) is 0 Å². The van der Waals surface area contributed by atoms with Crippen molar-refractivity contribution in [2.75, 3.05) is 11.9 Å². The second kappa shape index (κ2) is 7.94. The Bertz CT molecular complexity index is 886. The Hall–Kier alpha value is -2.66. The first-order valence-electron chi connectivity index (χ1n) is 7.92. The van der Waals surface area contributed by atoms with Crippen molar-refractivity contribution < 1.29 is 9.18 Å². The molecule has 0 atom stereocenters. The van der Waals surface area contributed by atoms with Crippen molar-refractivity contribution in [1.29, 1.82) is 0 Å². The maximum absolute atomic E-state index is 14.5. The van der Waals surface area contributed by atoms with E-state index in [1.54, 1.807) is 18.2 Å². The second-order valence-electron chi connectivity index (χ2n) is 5.56. The van der Waals surface area contributed by atoms with E-state index in [4.69, 9.17) is 11.6 Å².